The highest BCUT2D eigenvalue weighted by Crippen LogP contribution is 2.34. The van der Waals surface area contributed by atoms with Crippen molar-refractivity contribution in [3.8, 4) is 0 Å². The number of benzene rings is 1. The predicted octanol–water partition coefficient (Wildman–Crippen LogP) is 3.43. The molecule has 0 amide bonds. The number of halogens is 4. The molecule has 3 N–H and O–H groups in total. The van der Waals surface area contributed by atoms with Crippen LogP contribution in [0.25, 0.3) is 0 Å². The van der Waals surface area contributed by atoms with Gasteiger partial charge in [-0.3, -0.25) is 4.79 Å². The van der Waals surface area contributed by atoms with E-state index >= 15 is 0 Å². The fourth-order valence-corrected chi connectivity index (χ4v) is 3.19. The second-order valence-corrected chi connectivity index (χ2v) is 6.90. The molecule has 1 aliphatic rings. The van der Waals surface area contributed by atoms with Crippen LogP contribution in [0, 0.1) is 5.82 Å². The third-order valence-corrected chi connectivity index (χ3v) is 4.61. The summed E-state index contributed by atoms with van der Waals surface area (Å²) in [6.45, 7) is 0.571. The number of Topliss-reactive ketones (excluding diaryl/α,β-unsaturated/α-hetero) is 1. The molecule has 0 aliphatic carbocycles. The number of alkyl halides is 3. The van der Waals surface area contributed by atoms with Gasteiger partial charge < -0.3 is 15.8 Å². The number of hydrogen-bond donors (Lipinski definition) is 2. The quantitative estimate of drug-likeness (QED) is 0.508. The lowest BCUT2D eigenvalue weighted by Crippen LogP contribution is -2.31. The molecule has 1 aliphatic heterocycles. The minimum Gasteiger partial charge on any atom is -0.428 e. The highest BCUT2D eigenvalue weighted by atomic mass is 19.3. The Kier molecular flexibility index (Phi) is 6.23. The third-order valence-electron chi connectivity index (χ3n) is 4.61. The molecule has 2 aromatic rings. The zero-order valence-corrected chi connectivity index (χ0v) is 16.6. The molecule has 0 bridgehead atoms. The predicted molar refractivity (Wildman–Crippen MR) is 105 cm³/mol. The monoisotopic (exact) mass is 437 g/mol. The number of hydrogen-bond acceptors (Lipinski definition) is 7. The van der Waals surface area contributed by atoms with Crippen LogP contribution < -0.4 is 11.1 Å². The Morgan fingerprint density at radius 3 is 2.74 bits per heavy atom. The van der Waals surface area contributed by atoms with Gasteiger partial charge in [0.25, 0.3) is 12.4 Å². The molecule has 31 heavy (non-hydrogen) atoms. The highest BCUT2D eigenvalue weighted by Gasteiger charge is 2.32. The number of ketones is 1. The van der Waals surface area contributed by atoms with Crippen molar-refractivity contribution in [2.45, 2.75) is 25.3 Å². The largest absolute Gasteiger partial charge is 0.428 e. The van der Waals surface area contributed by atoms with Gasteiger partial charge in [0, 0.05) is 19.0 Å². The van der Waals surface area contributed by atoms with Crippen molar-refractivity contribution in [1.82, 2.24) is 9.97 Å². The van der Waals surface area contributed by atoms with Crippen molar-refractivity contribution in [2.24, 2.45) is 10.7 Å². The number of aliphatic imine (C=N–C) groups is 1. The van der Waals surface area contributed by atoms with Crippen molar-refractivity contribution in [3.05, 3.63) is 64.6 Å². The Bertz CT molecular complexity index is 1070. The molecular formula is C20H19F4N5O2. The molecule has 0 radical (unpaired) electrons. The van der Waals surface area contributed by atoms with Crippen LogP contribution in [0.1, 0.15) is 40.7 Å². The van der Waals surface area contributed by atoms with Gasteiger partial charge in [-0.05, 0) is 30.7 Å². The van der Waals surface area contributed by atoms with Gasteiger partial charge in [-0.15, -0.1) is 0 Å². The number of ether oxygens (including phenoxy) is 1. The summed E-state index contributed by atoms with van der Waals surface area (Å²) >= 11 is 0. The first-order valence-electron chi connectivity index (χ1n) is 9.12. The summed E-state index contributed by atoms with van der Waals surface area (Å²) in [5.41, 5.74) is 4.01. The topological polar surface area (TPSA) is 102 Å². The van der Waals surface area contributed by atoms with Crippen molar-refractivity contribution < 1.29 is 27.1 Å². The zero-order valence-electron chi connectivity index (χ0n) is 16.6. The fourth-order valence-electron chi connectivity index (χ4n) is 3.19. The summed E-state index contributed by atoms with van der Waals surface area (Å²) in [5.74, 6) is -1.35. The Morgan fingerprint density at radius 1 is 1.35 bits per heavy atom. The van der Waals surface area contributed by atoms with E-state index in [2.05, 4.69) is 20.3 Å². The Morgan fingerprint density at radius 2 is 2.10 bits per heavy atom. The average molecular weight is 437 g/mol. The van der Waals surface area contributed by atoms with E-state index < -0.39 is 35.9 Å². The molecule has 0 unspecified atom stereocenters. The van der Waals surface area contributed by atoms with E-state index in [1.54, 1.807) is 0 Å². The minimum absolute atomic E-state index is 0.0583. The molecule has 1 aromatic carbocycles. The van der Waals surface area contributed by atoms with Crippen LogP contribution in [0.15, 0.2) is 41.2 Å². The Balaban J connectivity index is 1.93. The molecule has 11 heteroatoms. The molecule has 1 atom stereocenters. The molecule has 164 valence electrons. The van der Waals surface area contributed by atoms with Crippen molar-refractivity contribution >= 4 is 17.6 Å². The molecule has 0 saturated carbocycles. The van der Waals surface area contributed by atoms with Crippen LogP contribution in [-0.2, 0) is 16.7 Å². The average Bonchev–Trinajstić information content (AvgIpc) is 2.73. The van der Waals surface area contributed by atoms with Crippen LogP contribution in [-0.4, -0.2) is 35.5 Å². The van der Waals surface area contributed by atoms with E-state index in [9.17, 15) is 22.4 Å². The van der Waals surface area contributed by atoms with Gasteiger partial charge in [0.1, 0.15) is 35.2 Å². The number of nitrogens with one attached hydrogen (secondary N) is 1. The molecule has 0 fully saturated rings. The Labute approximate surface area is 175 Å². The second kappa shape index (κ2) is 8.70. The number of allylic oxidation sites excluding steroid dienone is 1. The fraction of sp³-hybridized carbons (Fsp3) is 0.300. The SMILES string of the molecule is CNc1nc(C(F)F)cnc1C(=O)Cc1ccc(F)c([C@]2(C)C=C(CF)OC(N)=N2)c1. The molecule has 2 heterocycles. The van der Waals surface area contributed by atoms with Crippen LogP contribution in [0.5, 0.6) is 0 Å². The van der Waals surface area contributed by atoms with Gasteiger partial charge in [-0.2, -0.15) is 0 Å². The smallest absolute Gasteiger partial charge is 0.288 e. The van der Waals surface area contributed by atoms with E-state index in [1.807, 2.05) is 0 Å². The first-order valence-corrected chi connectivity index (χ1v) is 9.12. The number of nitrogens with zero attached hydrogens (tertiary/aromatic N) is 3. The van der Waals surface area contributed by atoms with Gasteiger partial charge in [-0.25, -0.2) is 32.5 Å². The lowest BCUT2D eigenvalue weighted by atomic mass is 9.88. The normalized spacial score (nSPS) is 18.3. The van der Waals surface area contributed by atoms with Gasteiger partial charge in [-0.1, -0.05) is 6.07 Å². The van der Waals surface area contributed by atoms with Crippen LogP contribution in [0.2, 0.25) is 0 Å². The number of carbonyl (C=O) groups excluding carboxylic acids is 1. The molecule has 1 aromatic heterocycles. The number of rotatable bonds is 7. The van der Waals surface area contributed by atoms with E-state index in [0.717, 1.165) is 12.3 Å². The number of carbonyl (C=O) groups is 1. The van der Waals surface area contributed by atoms with Crippen LogP contribution in [0.4, 0.5) is 23.4 Å². The summed E-state index contributed by atoms with van der Waals surface area (Å²) in [6, 6.07) is 3.64. The van der Waals surface area contributed by atoms with Crippen LogP contribution >= 0.6 is 0 Å². The van der Waals surface area contributed by atoms with Gasteiger partial charge >= 0.3 is 0 Å². The van der Waals surface area contributed by atoms with Gasteiger partial charge in [0.2, 0.25) is 0 Å². The zero-order chi connectivity index (χ0) is 22.8. The number of anilines is 1. The summed E-state index contributed by atoms with van der Waals surface area (Å²) < 4.78 is 58.3. The van der Waals surface area contributed by atoms with Crippen molar-refractivity contribution in [1.29, 1.82) is 0 Å². The van der Waals surface area contributed by atoms with Crippen molar-refractivity contribution in [3.63, 3.8) is 0 Å². The summed E-state index contributed by atoms with van der Waals surface area (Å²) in [4.78, 5) is 24.3. The standard InChI is InChI=1S/C20H19F4N5O2/c1-20(7-11(8-21)31-19(25)29-20)12-5-10(3-4-13(12)22)6-15(30)16-18(26-2)28-14(9-27-16)17(23)24/h3-5,7,9,17H,6,8H2,1-2H3,(H2,25,29)(H,26,28)/t20-/m0/s1. The lowest BCUT2D eigenvalue weighted by molar-refractivity contribution is 0.0987. The van der Waals surface area contributed by atoms with E-state index in [-0.39, 0.29) is 35.3 Å². The molecule has 0 spiro atoms. The number of amidine groups is 1. The maximum absolute atomic E-state index is 14.6. The van der Waals surface area contributed by atoms with E-state index in [0.29, 0.717) is 5.56 Å². The highest BCUT2D eigenvalue weighted by molar-refractivity contribution is 5.99. The lowest BCUT2D eigenvalue weighted by Gasteiger charge is -2.28. The van der Waals surface area contributed by atoms with Crippen molar-refractivity contribution in [2.75, 3.05) is 19.0 Å². The first kappa shape index (κ1) is 22.2. The number of aromatic nitrogens is 2. The molecule has 7 nitrogen and oxygen atoms in total. The minimum atomic E-state index is -2.83. The van der Waals surface area contributed by atoms with Gasteiger partial charge in [0.05, 0.1) is 6.20 Å². The maximum atomic E-state index is 14.6. The molecule has 3 rings (SSSR count). The molecular weight excluding hydrogens is 418 g/mol. The second-order valence-electron chi connectivity index (χ2n) is 6.90. The van der Waals surface area contributed by atoms with E-state index in [1.165, 1.54) is 32.2 Å². The van der Waals surface area contributed by atoms with Crippen LogP contribution in [0.3, 0.4) is 0 Å². The molecule has 0 saturated heterocycles. The summed E-state index contributed by atoms with van der Waals surface area (Å²) in [7, 11) is 1.43. The number of nitrogens with two attached hydrogens (primary N) is 1. The third kappa shape index (κ3) is 4.65. The van der Waals surface area contributed by atoms with E-state index in [4.69, 9.17) is 10.5 Å². The van der Waals surface area contributed by atoms with Gasteiger partial charge in [0.15, 0.2) is 11.6 Å². The summed E-state index contributed by atoms with van der Waals surface area (Å²) in [6.07, 6.45) is -0.908. The first-order chi connectivity index (χ1) is 14.7. The Hall–Kier alpha value is -3.50. The summed E-state index contributed by atoms with van der Waals surface area (Å²) in [5, 5.41) is 2.58. The maximum Gasteiger partial charge on any atom is 0.288 e.